The monoisotopic (exact) mass is 368 g/mol. The normalized spacial score (nSPS) is 24.3. The SMILES string of the molecule is O=S(=O)(/C=C/c1ccccc1)N1[C@@H]2CC[C@H]1CN(Cc1ccccc1)C2. The first kappa shape index (κ1) is 17.5. The summed E-state index contributed by atoms with van der Waals surface area (Å²) in [6.07, 6.45) is 3.61. The molecular weight excluding hydrogens is 344 g/mol. The lowest BCUT2D eigenvalue weighted by Gasteiger charge is -2.39. The van der Waals surface area contributed by atoms with Crippen molar-refractivity contribution < 1.29 is 8.42 Å². The van der Waals surface area contributed by atoms with E-state index in [0.29, 0.717) is 0 Å². The van der Waals surface area contributed by atoms with E-state index in [9.17, 15) is 8.42 Å². The van der Waals surface area contributed by atoms with Crippen LogP contribution in [0.3, 0.4) is 0 Å². The van der Waals surface area contributed by atoms with E-state index in [4.69, 9.17) is 0 Å². The molecule has 0 aromatic heterocycles. The van der Waals surface area contributed by atoms with Crippen LogP contribution in [0.4, 0.5) is 0 Å². The quantitative estimate of drug-likeness (QED) is 0.813. The van der Waals surface area contributed by atoms with Gasteiger partial charge in [-0.25, -0.2) is 8.42 Å². The largest absolute Gasteiger partial charge is 0.296 e. The Kier molecular flexibility index (Phi) is 4.94. The minimum absolute atomic E-state index is 0.0860. The maximum absolute atomic E-state index is 12.9. The van der Waals surface area contributed by atoms with Crippen LogP contribution in [-0.2, 0) is 16.6 Å². The van der Waals surface area contributed by atoms with Crippen molar-refractivity contribution >= 4 is 16.1 Å². The van der Waals surface area contributed by atoms with Crippen molar-refractivity contribution in [3.63, 3.8) is 0 Å². The molecule has 2 bridgehead atoms. The lowest BCUT2D eigenvalue weighted by atomic mass is 10.1. The van der Waals surface area contributed by atoms with Gasteiger partial charge in [0.1, 0.15) is 0 Å². The smallest absolute Gasteiger partial charge is 0.236 e. The molecule has 0 aliphatic carbocycles. The molecule has 2 aliphatic rings. The molecule has 136 valence electrons. The van der Waals surface area contributed by atoms with Gasteiger partial charge in [-0.15, -0.1) is 0 Å². The standard InChI is InChI=1S/C21H24N2O2S/c24-26(25,14-13-18-7-3-1-4-8-18)23-20-11-12-21(23)17-22(16-20)15-19-9-5-2-6-10-19/h1-10,13-14,20-21H,11-12,15-17H2/b14-13+/t20-,21+. The van der Waals surface area contributed by atoms with Crippen molar-refractivity contribution in [2.45, 2.75) is 31.5 Å². The molecule has 26 heavy (non-hydrogen) atoms. The number of fused-ring (bicyclic) bond motifs is 2. The van der Waals surface area contributed by atoms with Crippen LogP contribution in [0.15, 0.2) is 66.1 Å². The highest BCUT2D eigenvalue weighted by molar-refractivity contribution is 7.92. The molecule has 2 atom stereocenters. The number of benzene rings is 2. The summed E-state index contributed by atoms with van der Waals surface area (Å²) in [6.45, 7) is 2.51. The van der Waals surface area contributed by atoms with Gasteiger partial charge in [0.15, 0.2) is 0 Å². The number of sulfonamides is 1. The van der Waals surface area contributed by atoms with Gasteiger partial charge in [-0.3, -0.25) is 4.90 Å². The van der Waals surface area contributed by atoms with E-state index < -0.39 is 10.0 Å². The van der Waals surface area contributed by atoms with Gasteiger partial charge in [0.05, 0.1) is 0 Å². The molecule has 0 saturated carbocycles. The average Bonchev–Trinajstić information content (AvgIpc) is 2.94. The van der Waals surface area contributed by atoms with Crippen LogP contribution in [0.25, 0.3) is 6.08 Å². The fraction of sp³-hybridized carbons (Fsp3) is 0.333. The number of hydrogen-bond acceptors (Lipinski definition) is 3. The third-order valence-electron chi connectivity index (χ3n) is 5.27. The highest BCUT2D eigenvalue weighted by Gasteiger charge is 2.45. The number of hydrogen-bond donors (Lipinski definition) is 0. The first-order valence-corrected chi connectivity index (χ1v) is 10.6. The van der Waals surface area contributed by atoms with E-state index in [0.717, 1.165) is 38.0 Å². The second kappa shape index (κ2) is 7.35. The number of piperazine rings is 1. The third-order valence-corrected chi connectivity index (χ3v) is 6.93. The molecular formula is C21H24N2O2S. The molecule has 0 N–H and O–H groups in total. The molecule has 4 rings (SSSR count). The minimum atomic E-state index is -3.39. The molecule has 5 heteroatoms. The molecule has 2 aromatic carbocycles. The lowest BCUT2D eigenvalue weighted by molar-refractivity contribution is 0.124. The van der Waals surface area contributed by atoms with Crippen molar-refractivity contribution in [2.75, 3.05) is 13.1 Å². The summed E-state index contributed by atoms with van der Waals surface area (Å²) in [6, 6.07) is 20.2. The van der Waals surface area contributed by atoms with Crippen LogP contribution in [0.1, 0.15) is 24.0 Å². The van der Waals surface area contributed by atoms with Crippen LogP contribution in [0.2, 0.25) is 0 Å². The topological polar surface area (TPSA) is 40.6 Å². The summed E-state index contributed by atoms with van der Waals surface area (Å²) in [5.41, 5.74) is 2.19. The summed E-state index contributed by atoms with van der Waals surface area (Å²) in [7, 11) is -3.39. The Labute approximate surface area is 155 Å². The van der Waals surface area contributed by atoms with E-state index >= 15 is 0 Å². The van der Waals surface area contributed by atoms with E-state index in [2.05, 4.69) is 29.2 Å². The molecule has 4 nitrogen and oxygen atoms in total. The van der Waals surface area contributed by atoms with Crippen LogP contribution in [-0.4, -0.2) is 42.8 Å². The summed E-state index contributed by atoms with van der Waals surface area (Å²) >= 11 is 0. The molecule has 0 amide bonds. The second-order valence-corrected chi connectivity index (χ2v) is 8.88. The van der Waals surface area contributed by atoms with Gasteiger partial charge >= 0.3 is 0 Å². The molecule has 2 heterocycles. The van der Waals surface area contributed by atoms with Gasteiger partial charge in [0, 0.05) is 37.1 Å². The van der Waals surface area contributed by atoms with Gasteiger partial charge in [0.25, 0.3) is 0 Å². The molecule has 0 unspecified atom stereocenters. The van der Waals surface area contributed by atoms with Gasteiger partial charge < -0.3 is 0 Å². The Morgan fingerprint density at radius 2 is 1.46 bits per heavy atom. The zero-order chi connectivity index (χ0) is 18.0. The zero-order valence-electron chi connectivity index (χ0n) is 14.7. The number of likely N-dealkylation sites (tertiary alicyclic amines) is 1. The maximum Gasteiger partial charge on any atom is 0.236 e. The van der Waals surface area contributed by atoms with Gasteiger partial charge in [0.2, 0.25) is 10.0 Å². The molecule has 2 saturated heterocycles. The van der Waals surface area contributed by atoms with Gasteiger partial charge in [-0.05, 0) is 30.0 Å². The molecule has 0 radical (unpaired) electrons. The summed E-state index contributed by atoms with van der Waals surface area (Å²) in [5.74, 6) is 0. The Bertz CT molecular complexity index is 851. The zero-order valence-corrected chi connectivity index (χ0v) is 15.6. The van der Waals surface area contributed by atoms with Crippen molar-refractivity contribution in [1.82, 2.24) is 9.21 Å². The van der Waals surface area contributed by atoms with Crippen molar-refractivity contribution in [3.05, 3.63) is 77.2 Å². The Hall–Kier alpha value is -1.95. The van der Waals surface area contributed by atoms with Crippen LogP contribution in [0.5, 0.6) is 0 Å². The average molecular weight is 369 g/mol. The molecule has 2 aromatic rings. The van der Waals surface area contributed by atoms with Crippen LogP contribution < -0.4 is 0 Å². The van der Waals surface area contributed by atoms with Crippen molar-refractivity contribution in [3.8, 4) is 0 Å². The van der Waals surface area contributed by atoms with E-state index in [1.54, 1.807) is 10.4 Å². The predicted octanol–water partition coefficient (Wildman–Crippen LogP) is 3.34. The first-order valence-electron chi connectivity index (χ1n) is 9.15. The lowest BCUT2D eigenvalue weighted by Crippen LogP contribution is -2.54. The summed E-state index contributed by atoms with van der Waals surface area (Å²) in [5, 5.41) is 1.38. The summed E-state index contributed by atoms with van der Waals surface area (Å²) in [4.78, 5) is 2.39. The predicted molar refractivity (Wildman–Crippen MR) is 105 cm³/mol. The van der Waals surface area contributed by atoms with E-state index in [-0.39, 0.29) is 12.1 Å². The highest BCUT2D eigenvalue weighted by Crippen LogP contribution is 2.34. The third kappa shape index (κ3) is 3.75. The molecule has 2 aliphatic heterocycles. The fourth-order valence-corrected chi connectivity index (χ4v) is 5.78. The van der Waals surface area contributed by atoms with Crippen molar-refractivity contribution in [1.29, 1.82) is 0 Å². The molecule has 0 spiro atoms. The van der Waals surface area contributed by atoms with Gasteiger partial charge in [-0.2, -0.15) is 4.31 Å². The van der Waals surface area contributed by atoms with Crippen LogP contribution >= 0.6 is 0 Å². The second-order valence-electron chi connectivity index (χ2n) is 7.15. The first-order chi connectivity index (χ1) is 12.6. The van der Waals surface area contributed by atoms with Crippen LogP contribution in [0, 0.1) is 0 Å². The maximum atomic E-state index is 12.9. The highest BCUT2D eigenvalue weighted by atomic mass is 32.2. The molecule has 2 fully saturated rings. The minimum Gasteiger partial charge on any atom is -0.296 e. The Balaban J connectivity index is 1.46. The Morgan fingerprint density at radius 1 is 0.885 bits per heavy atom. The number of nitrogens with zero attached hydrogens (tertiary/aromatic N) is 2. The van der Waals surface area contributed by atoms with E-state index in [1.165, 1.54) is 11.0 Å². The Morgan fingerprint density at radius 3 is 2.08 bits per heavy atom. The van der Waals surface area contributed by atoms with E-state index in [1.807, 2.05) is 36.4 Å². The number of rotatable bonds is 5. The van der Waals surface area contributed by atoms with Gasteiger partial charge in [-0.1, -0.05) is 60.7 Å². The summed E-state index contributed by atoms with van der Waals surface area (Å²) < 4.78 is 27.6. The van der Waals surface area contributed by atoms with Crippen molar-refractivity contribution in [2.24, 2.45) is 0 Å². The fourth-order valence-electron chi connectivity index (χ4n) is 4.14.